The fourth-order valence-corrected chi connectivity index (χ4v) is 7.72. The Bertz CT molecular complexity index is 1280. The normalized spacial score (nSPS) is 37.0. The Kier molecular flexibility index (Phi) is 4.43. The second kappa shape index (κ2) is 7.21. The van der Waals surface area contributed by atoms with E-state index < -0.39 is 34.9 Å². The van der Waals surface area contributed by atoms with Crippen LogP contribution >= 0.6 is 0 Å². The van der Waals surface area contributed by atoms with Gasteiger partial charge in [-0.2, -0.15) is 0 Å². The maximum Gasteiger partial charge on any atom is 0.338 e. The van der Waals surface area contributed by atoms with Crippen LogP contribution < -0.4 is 9.47 Å². The zero-order valence-electron chi connectivity index (χ0n) is 20.3. The number of likely N-dealkylation sites (N-methyl/N-ethyl adjacent to an activating group) is 1. The summed E-state index contributed by atoms with van der Waals surface area (Å²) in [6.45, 7) is 0.145. The Morgan fingerprint density at radius 3 is 2.56 bits per heavy atom. The number of esters is 1. The highest BCUT2D eigenvalue weighted by molar-refractivity contribution is 5.89. The van der Waals surface area contributed by atoms with Crippen LogP contribution in [-0.4, -0.2) is 68.4 Å². The van der Waals surface area contributed by atoms with E-state index in [1.807, 2.05) is 25.2 Å². The van der Waals surface area contributed by atoms with E-state index in [1.165, 1.54) is 0 Å². The van der Waals surface area contributed by atoms with Gasteiger partial charge in [0.1, 0.15) is 11.6 Å². The first-order chi connectivity index (χ1) is 17.4. The van der Waals surface area contributed by atoms with Gasteiger partial charge < -0.3 is 33.3 Å². The van der Waals surface area contributed by atoms with E-state index in [0.29, 0.717) is 29.9 Å². The van der Waals surface area contributed by atoms with Crippen molar-refractivity contribution in [1.82, 2.24) is 4.90 Å². The van der Waals surface area contributed by atoms with E-state index in [0.717, 1.165) is 11.1 Å². The summed E-state index contributed by atoms with van der Waals surface area (Å²) >= 11 is 0. The fraction of sp³-hybridized carbons (Fsp3) is 0.481. The number of carbonyl (C=O) groups is 2. The molecule has 9 nitrogen and oxygen atoms in total. The average molecular weight is 494 g/mol. The third kappa shape index (κ3) is 2.37. The topological polar surface area (TPSA) is 92.8 Å². The molecule has 6 atom stereocenters. The molecule has 7 rings (SSSR count). The molecule has 9 heteroatoms. The molecule has 0 N–H and O–H groups in total. The number of nitrogens with zero attached hydrogens (tertiary/aromatic N) is 1. The van der Waals surface area contributed by atoms with Crippen LogP contribution in [-0.2, 0) is 29.2 Å². The summed E-state index contributed by atoms with van der Waals surface area (Å²) < 4.78 is 36.6. The molecule has 3 aliphatic heterocycles. The number of carbonyl (C=O) groups excluding carboxylic acids is 2. The van der Waals surface area contributed by atoms with Crippen molar-refractivity contribution in [2.45, 2.75) is 54.3 Å². The molecular weight excluding hydrogens is 466 g/mol. The lowest BCUT2D eigenvalue weighted by Gasteiger charge is -2.61. The van der Waals surface area contributed by atoms with Crippen molar-refractivity contribution < 1.29 is 38.0 Å². The van der Waals surface area contributed by atoms with Gasteiger partial charge in [0.25, 0.3) is 0 Å². The van der Waals surface area contributed by atoms with Crippen LogP contribution in [0.3, 0.4) is 0 Å². The number of hydrogen-bond donors (Lipinski definition) is 0. The van der Waals surface area contributed by atoms with Crippen molar-refractivity contribution in [1.29, 1.82) is 0 Å². The third-order valence-electron chi connectivity index (χ3n) is 9.06. The second-order valence-electron chi connectivity index (χ2n) is 10.2. The van der Waals surface area contributed by atoms with Gasteiger partial charge in [0.15, 0.2) is 17.6 Å². The number of rotatable bonds is 4. The fourth-order valence-electron chi connectivity index (χ4n) is 7.72. The van der Waals surface area contributed by atoms with Crippen molar-refractivity contribution in [3.05, 3.63) is 59.2 Å². The molecule has 2 aromatic carbocycles. The van der Waals surface area contributed by atoms with E-state index in [4.69, 9.17) is 28.4 Å². The summed E-state index contributed by atoms with van der Waals surface area (Å²) in [6.07, 6.45) is -0.728. The third-order valence-corrected chi connectivity index (χ3v) is 9.06. The van der Waals surface area contributed by atoms with Gasteiger partial charge in [-0.3, -0.25) is 4.79 Å². The van der Waals surface area contributed by atoms with Crippen LogP contribution in [0.15, 0.2) is 42.5 Å². The molecule has 2 aliphatic carbocycles. The van der Waals surface area contributed by atoms with Gasteiger partial charge in [0, 0.05) is 39.5 Å². The lowest BCUT2D eigenvalue weighted by Crippen LogP contribution is -2.78. The molecule has 36 heavy (non-hydrogen) atoms. The van der Waals surface area contributed by atoms with E-state index >= 15 is 0 Å². The molecule has 1 spiro atoms. The Labute approximate surface area is 208 Å². The molecule has 0 radical (unpaired) electrons. The monoisotopic (exact) mass is 493 g/mol. The maximum absolute atomic E-state index is 13.5. The highest BCUT2D eigenvalue weighted by Crippen LogP contribution is 2.72. The van der Waals surface area contributed by atoms with Gasteiger partial charge in [-0.25, -0.2) is 4.79 Å². The summed E-state index contributed by atoms with van der Waals surface area (Å²) in [5.74, 6) is -0.554. The Hall–Kier alpha value is -3.14. The smallest absolute Gasteiger partial charge is 0.338 e. The van der Waals surface area contributed by atoms with E-state index in [1.54, 1.807) is 43.4 Å². The van der Waals surface area contributed by atoms with Crippen LogP contribution in [0.2, 0.25) is 0 Å². The van der Waals surface area contributed by atoms with Gasteiger partial charge >= 0.3 is 5.97 Å². The molecule has 0 unspecified atom stereocenters. The summed E-state index contributed by atoms with van der Waals surface area (Å²) in [6, 6.07) is 12.8. The van der Waals surface area contributed by atoms with Crippen LogP contribution in [0.5, 0.6) is 11.5 Å². The lowest BCUT2D eigenvalue weighted by molar-refractivity contribution is -0.338. The van der Waals surface area contributed by atoms with Crippen molar-refractivity contribution >= 4 is 11.9 Å². The first-order valence-electron chi connectivity index (χ1n) is 12.1. The minimum absolute atomic E-state index is 0.0175. The predicted octanol–water partition coefficient (Wildman–Crippen LogP) is 2.72. The second-order valence-corrected chi connectivity index (χ2v) is 10.2. The van der Waals surface area contributed by atoms with Gasteiger partial charge in [-0.15, -0.1) is 0 Å². The molecule has 3 fully saturated rings. The molecule has 188 valence electrons. The zero-order chi connectivity index (χ0) is 24.9. The molecule has 2 aromatic rings. The van der Waals surface area contributed by atoms with Crippen LogP contribution in [0.4, 0.5) is 0 Å². The van der Waals surface area contributed by atoms with Crippen LogP contribution in [0.1, 0.15) is 46.9 Å². The van der Waals surface area contributed by atoms with E-state index in [9.17, 15) is 9.59 Å². The highest BCUT2D eigenvalue weighted by atomic mass is 16.7. The van der Waals surface area contributed by atoms with Crippen LogP contribution in [0.25, 0.3) is 0 Å². The molecule has 1 amide bonds. The number of methoxy groups -OCH3 is 2. The molecule has 2 saturated heterocycles. The highest BCUT2D eigenvalue weighted by Gasteiger charge is 2.84. The number of amides is 1. The number of ether oxygens (including phenoxy) is 6. The molecule has 0 aromatic heterocycles. The van der Waals surface area contributed by atoms with Gasteiger partial charge in [0.2, 0.25) is 18.5 Å². The summed E-state index contributed by atoms with van der Waals surface area (Å²) in [5.41, 5.74) is 0.729. The predicted molar refractivity (Wildman–Crippen MR) is 124 cm³/mol. The molecule has 2 bridgehead atoms. The molecular formula is C27H27NO8. The first-order valence-corrected chi connectivity index (χ1v) is 12.1. The maximum atomic E-state index is 13.5. The van der Waals surface area contributed by atoms with Gasteiger partial charge in [0.05, 0.1) is 11.7 Å². The summed E-state index contributed by atoms with van der Waals surface area (Å²) in [4.78, 5) is 28.5. The zero-order valence-corrected chi connectivity index (χ0v) is 20.3. The Morgan fingerprint density at radius 1 is 1.08 bits per heavy atom. The van der Waals surface area contributed by atoms with Crippen molar-refractivity contribution in [2.24, 2.45) is 0 Å². The van der Waals surface area contributed by atoms with Gasteiger partial charge in [-0.1, -0.05) is 18.2 Å². The molecule has 1 saturated carbocycles. The number of hydrogen-bond acceptors (Lipinski definition) is 8. The average Bonchev–Trinajstić information content (AvgIpc) is 3.55. The SMILES string of the molecule is CO[C@H]1[C@@H](OC(=O)c2ccccc2)C[C@]23CC(=O)N(C)[C@@]24C[C@H](O[C@@]14OC)c1cc2c(cc13)OCO2. The molecule has 3 heterocycles. The van der Waals surface area contributed by atoms with Gasteiger partial charge in [-0.05, 0) is 41.8 Å². The largest absolute Gasteiger partial charge is 0.456 e. The van der Waals surface area contributed by atoms with Crippen LogP contribution in [0, 0.1) is 0 Å². The van der Waals surface area contributed by atoms with Crippen molar-refractivity contribution in [3.63, 3.8) is 0 Å². The number of benzene rings is 2. The standard InChI is InChI=1S/C27H27NO8/c1-28-22(29)13-25-11-21(35-24(30)15-7-5-4-6-8-15)23(31-2)27(32-3)26(25,28)12-20(36-27)16-9-18-19(10-17(16)25)34-14-33-18/h4-10,20-21,23H,11-14H2,1-3H3/t20-,21-,23-,25+,26-,27-/m0/s1. The minimum atomic E-state index is -1.36. The lowest BCUT2D eigenvalue weighted by atomic mass is 9.50. The number of fused-ring (bicyclic) bond motifs is 4. The Morgan fingerprint density at radius 2 is 1.83 bits per heavy atom. The van der Waals surface area contributed by atoms with Crippen molar-refractivity contribution in [2.75, 3.05) is 28.1 Å². The Balaban J connectivity index is 1.44. The van der Waals surface area contributed by atoms with E-state index in [2.05, 4.69) is 0 Å². The number of likely N-dealkylation sites (tertiary alicyclic amines) is 1. The summed E-state index contributed by atoms with van der Waals surface area (Å²) in [5, 5.41) is 0. The van der Waals surface area contributed by atoms with Crippen molar-refractivity contribution in [3.8, 4) is 11.5 Å². The summed E-state index contributed by atoms with van der Waals surface area (Å²) in [7, 11) is 4.94. The minimum Gasteiger partial charge on any atom is -0.456 e. The van der Waals surface area contributed by atoms with E-state index in [-0.39, 0.29) is 25.2 Å². The molecule has 5 aliphatic rings. The first kappa shape index (κ1) is 22.1. The quantitative estimate of drug-likeness (QED) is 0.601.